The molecule has 1 aliphatic heterocycles. The van der Waals surface area contributed by atoms with Gasteiger partial charge in [0.2, 0.25) is 0 Å². The summed E-state index contributed by atoms with van der Waals surface area (Å²) >= 11 is 0. The lowest BCUT2D eigenvalue weighted by Gasteiger charge is -2.31. The zero-order valence-electron chi connectivity index (χ0n) is 12.9. The molecule has 3 rings (SSSR count). The van der Waals surface area contributed by atoms with Gasteiger partial charge >= 0.3 is 0 Å². The molecular formula is C17H20N2O3. The molecule has 2 heterocycles. The summed E-state index contributed by atoms with van der Waals surface area (Å²) < 4.78 is 11.1. The van der Waals surface area contributed by atoms with Crippen LogP contribution >= 0.6 is 0 Å². The number of piperidine rings is 1. The van der Waals surface area contributed by atoms with E-state index >= 15 is 0 Å². The van der Waals surface area contributed by atoms with Crippen molar-refractivity contribution in [3.8, 4) is 5.75 Å². The van der Waals surface area contributed by atoms with E-state index in [0.29, 0.717) is 24.7 Å². The molecule has 1 aliphatic rings. The number of oxazole rings is 1. The third kappa shape index (κ3) is 3.30. The van der Waals surface area contributed by atoms with Crippen molar-refractivity contribution < 1.29 is 13.9 Å². The van der Waals surface area contributed by atoms with Crippen LogP contribution in [0.2, 0.25) is 0 Å². The molecule has 2 aromatic rings. The highest BCUT2D eigenvalue weighted by Crippen LogP contribution is 2.21. The van der Waals surface area contributed by atoms with E-state index in [9.17, 15) is 4.79 Å². The molecule has 0 aliphatic carbocycles. The first-order valence-corrected chi connectivity index (χ1v) is 7.56. The number of hydrogen-bond donors (Lipinski definition) is 0. The number of carbonyl (C=O) groups excluding carboxylic acids is 1. The normalized spacial score (nSPS) is 15.8. The van der Waals surface area contributed by atoms with Gasteiger partial charge < -0.3 is 14.1 Å². The predicted molar refractivity (Wildman–Crippen MR) is 82.0 cm³/mol. The van der Waals surface area contributed by atoms with Crippen LogP contribution in [-0.2, 0) is 0 Å². The van der Waals surface area contributed by atoms with Crippen molar-refractivity contribution in [1.29, 1.82) is 0 Å². The molecule has 0 atom stereocenters. The van der Waals surface area contributed by atoms with Gasteiger partial charge in [-0.25, -0.2) is 4.98 Å². The smallest absolute Gasteiger partial charge is 0.275 e. The summed E-state index contributed by atoms with van der Waals surface area (Å²) in [5.41, 5.74) is 1.57. The van der Waals surface area contributed by atoms with Crippen LogP contribution in [0.4, 0.5) is 0 Å². The van der Waals surface area contributed by atoms with Crippen molar-refractivity contribution in [3.05, 3.63) is 47.7 Å². The van der Waals surface area contributed by atoms with E-state index in [1.54, 1.807) is 6.92 Å². The van der Waals surface area contributed by atoms with E-state index in [2.05, 4.69) is 4.98 Å². The molecular weight excluding hydrogens is 280 g/mol. The molecule has 0 unspecified atom stereocenters. The zero-order valence-corrected chi connectivity index (χ0v) is 12.9. The number of rotatable bonds is 3. The fourth-order valence-electron chi connectivity index (χ4n) is 2.68. The van der Waals surface area contributed by atoms with Gasteiger partial charge in [0.15, 0.2) is 11.6 Å². The Morgan fingerprint density at radius 2 is 2.09 bits per heavy atom. The molecule has 1 fully saturated rings. The van der Waals surface area contributed by atoms with Crippen LogP contribution in [0.5, 0.6) is 5.75 Å². The van der Waals surface area contributed by atoms with Crippen molar-refractivity contribution in [1.82, 2.24) is 9.88 Å². The Morgan fingerprint density at radius 1 is 1.32 bits per heavy atom. The van der Waals surface area contributed by atoms with Gasteiger partial charge in [0.25, 0.3) is 5.91 Å². The molecule has 5 heteroatoms. The Labute approximate surface area is 129 Å². The van der Waals surface area contributed by atoms with Crippen LogP contribution in [0, 0.1) is 13.8 Å². The van der Waals surface area contributed by atoms with E-state index in [0.717, 1.165) is 18.6 Å². The topological polar surface area (TPSA) is 55.6 Å². The minimum atomic E-state index is -0.0640. The van der Waals surface area contributed by atoms with Crippen molar-refractivity contribution in [2.75, 3.05) is 13.1 Å². The molecule has 0 bridgehead atoms. The third-order valence-electron chi connectivity index (χ3n) is 3.86. The Kier molecular flexibility index (Phi) is 4.13. The molecule has 22 heavy (non-hydrogen) atoms. The number of nitrogens with zero attached hydrogens (tertiary/aromatic N) is 2. The van der Waals surface area contributed by atoms with Gasteiger partial charge in [0.1, 0.15) is 18.1 Å². The Bertz CT molecular complexity index is 657. The minimum absolute atomic E-state index is 0.0640. The average molecular weight is 300 g/mol. The number of likely N-dealkylation sites (tertiary alicyclic amines) is 1. The quantitative estimate of drug-likeness (QED) is 0.874. The van der Waals surface area contributed by atoms with Crippen molar-refractivity contribution in [2.24, 2.45) is 0 Å². The van der Waals surface area contributed by atoms with Crippen LogP contribution in [0.15, 0.2) is 34.9 Å². The van der Waals surface area contributed by atoms with E-state index in [-0.39, 0.29) is 12.0 Å². The Hall–Kier alpha value is -2.30. The van der Waals surface area contributed by atoms with Gasteiger partial charge in [0.05, 0.1) is 0 Å². The molecule has 5 nitrogen and oxygen atoms in total. The molecule has 1 aromatic heterocycles. The van der Waals surface area contributed by atoms with Gasteiger partial charge in [-0.1, -0.05) is 12.1 Å². The maximum atomic E-state index is 12.3. The lowest BCUT2D eigenvalue weighted by atomic mass is 10.1. The molecule has 1 saturated heterocycles. The van der Waals surface area contributed by atoms with Gasteiger partial charge in [0, 0.05) is 32.9 Å². The third-order valence-corrected chi connectivity index (χ3v) is 3.86. The van der Waals surface area contributed by atoms with Crippen molar-refractivity contribution >= 4 is 5.91 Å². The monoisotopic (exact) mass is 300 g/mol. The number of benzene rings is 1. The average Bonchev–Trinajstić information content (AvgIpc) is 2.94. The standard InChI is InChI=1S/C17H20N2O3/c1-12-4-3-5-15(10-12)22-14-6-8-19(9-7-14)17(20)16-11-21-13(2)18-16/h3-5,10-11,14H,6-9H2,1-2H3. The fourth-order valence-corrected chi connectivity index (χ4v) is 2.68. The number of carbonyl (C=O) groups is 1. The van der Waals surface area contributed by atoms with Crippen LogP contribution in [0.3, 0.4) is 0 Å². The number of aryl methyl sites for hydroxylation is 2. The lowest BCUT2D eigenvalue weighted by Crippen LogP contribution is -2.41. The summed E-state index contributed by atoms with van der Waals surface area (Å²) in [5.74, 6) is 1.35. The first-order valence-electron chi connectivity index (χ1n) is 7.56. The molecule has 116 valence electrons. The highest BCUT2D eigenvalue weighted by Gasteiger charge is 2.26. The molecule has 0 N–H and O–H groups in total. The van der Waals surface area contributed by atoms with E-state index in [4.69, 9.17) is 9.15 Å². The van der Waals surface area contributed by atoms with Crippen LogP contribution < -0.4 is 4.74 Å². The van der Waals surface area contributed by atoms with Crippen LogP contribution in [0.1, 0.15) is 34.8 Å². The predicted octanol–water partition coefficient (Wildman–Crippen LogP) is 2.98. The molecule has 0 spiro atoms. The molecule has 0 saturated carbocycles. The Morgan fingerprint density at radius 3 is 2.73 bits per heavy atom. The molecule has 1 aromatic carbocycles. The van der Waals surface area contributed by atoms with Gasteiger partial charge in [-0.2, -0.15) is 0 Å². The largest absolute Gasteiger partial charge is 0.490 e. The summed E-state index contributed by atoms with van der Waals surface area (Å²) in [6, 6.07) is 8.06. The second kappa shape index (κ2) is 6.22. The summed E-state index contributed by atoms with van der Waals surface area (Å²) in [7, 11) is 0. The first kappa shape index (κ1) is 14.6. The second-order valence-electron chi connectivity index (χ2n) is 5.68. The van der Waals surface area contributed by atoms with Crippen molar-refractivity contribution in [3.63, 3.8) is 0 Å². The summed E-state index contributed by atoms with van der Waals surface area (Å²) in [6.45, 7) is 5.15. The van der Waals surface area contributed by atoms with Crippen LogP contribution in [-0.4, -0.2) is 35.0 Å². The zero-order chi connectivity index (χ0) is 15.5. The maximum Gasteiger partial charge on any atom is 0.275 e. The minimum Gasteiger partial charge on any atom is -0.490 e. The molecule has 0 radical (unpaired) electrons. The van der Waals surface area contributed by atoms with Gasteiger partial charge in [-0.05, 0) is 24.6 Å². The second-order valence-corrected chi connectivity index (χ2v) is 5.68. The summed E-state index contributed by atoms with van der Waals surface area (Å²) in [6.07, 6.45) is 3.24. The van der Waals surface area contributed by atoms with E-state index in [1.165, 1.54) is 11.8 Å². The van der Waals surface area contributed by atoms with E-state index < -0.39 is 0 Å². The molecule has 1 amide bonds. The number of aromatic nitrogens is 1. The number of ether oxygens (including phenoxy) is 1. The lowest BCUT2D eigenvalue weighted by molar-refractivity contribution is 0.0590. The first-order chi connectivity index (χ1) is 10.6. The summed E-state index contributed by atoms with van der Waals surface area (Å²) in [5, 5.41) is 0. The van der Waals surface area contributed by atoms with Crippen molar-refractivity contribution in [2.45, 2.75) is 32.8 Å². The highest BCUT2D eigenvalue weighted by atomic mass is 16.5. The number of amides is 1. The SMILES string of the molecule is Cc1cccc(OC2CCN(C(=O)c3coc(C)n3)CC2)c1. The van der Waals surface area contributed by atoms with Gasteiger partial charge in [-0.15, -0.1) is 0 Å². The fraction of sp³-hybridized carbons (Fsp3) is 0.412. The van der Waals surface area contributed by atoms with Gasteiger partial charge in [-0.3, -0.25) is 4.79 Å². The number of hydrogen-bond acceptors (Lipinski definition) is 4. The Balaban J connectivity index is 1.55. The van der Waals surface area contributed by atoms with Crippen LogP contribution in [0.25, 0.3) is 0 Å². The summed E-state index contributed by atoms with van der Waals surface area (Å²) in [4.78, 5) is 18.2. The van der Waals surface area contributed by atoms with E-state index in [1.807, 2.05) is 36.1 Å². The maximum absolute atomic E-state index is 12.3. The highest BCUT2D eigenvalue weighted by molar-refractivity contribution is 5.92.